The molecule has 0 amide bonds. The highest BCUT2D eigenvalue weighted by molar-refractivity contribution is 14.0. The second kappa shape index (κ2) is 10.6. The van der Waals surface area contributed by atoms with Crippen molar-refractivity contribution in [1.82, 2.24) is 34.8 Å². The van der Waals surface area contributed by atoms with E-state index < -0.39 is 0 Å². The van der Waals surface area contributed by atoms with Gasteiger partial charge < -0.3 is 14.8 Å². The molecule has 1 N–H and O–H groups in total. The Kier molecular flexibility index (Phi) is 8.52. The quantitative estimate of drug-likeness (QED) is 0.293. The lowest BCUT2D eigenvalue weighted by atomic mass is 10.2. The molecule has 1 aliphatic rings. The van der Waals surface area contributed by atoms with E-state index in [1.54, 1.807) is 0 Å². The first-order chi connectivity index (χ1) is 12.7. The number of nitrogens with zero attached hydrogens (tertiary/aromatic N) is 7. The number of fused-ring (bicyclic) bond motifs is 1. The molecule has 2 aromatic heterocycles. The highest BCUT2D eigenvalue weighted by Gasteiger charge is 2.14. The van der Waals surface area contributed by atoms with Gasteiger partial charge in [0.05, 0.1) is 6.20 Å². The van der Waals surface area contributed by atoms with E-state index in [2.05, 4.69) is 35.1 Å². The van der Waals surface area contributed by atoms with Crippen LogP contribution >= 0.6 is 24.0 Å². The minimum Gasteiger partial charge on any atom is -0.356 e. The summed E-state index contributed by atoms with van der Waals surface area (Å²) >= 11 is 0. The summed E-state index contributed by atoms with van der Waals surface area (Å²) in [5, 5.41) is 16.4. The second-order valence-electron chi connectivity index (χ2n) is 6.95. The fourth-order valence-electron chi connectivity index (χ4n) is 3.46. The standard InChI is InChI=1S/C18H30N8.HI/c1-19-18(24(2)13-15-12-21-25(3)14-15)20-10-7-9-17-23-22-16-8-5-4-6-11-26(16)17;/h12,14H,4-11,13H2,1-3H3,(H,19,20);1H. The lowest BCUT2D eigenvalue weighted by Crippen LogP contribution is -2.39. The van der Waals surface area contributed by atoms with Gasteiger partial charge >= 0.3 is 0 Å². The SMILES string of the molecule is CN=C(NCCCc1nnc2n1CCCCC2)N(C)Cc1cnn(C)c1.I. The van der Waals surface area contributed by atoms with Gasteiger partial charge in [0.25, 0.3) is 0 Å². The number of rotatable bonds is 6. The number of aliphatic imine (C=N–C) groups is 1. The van der Waals surface area contributed by atoms with Crippen molar-refractivity contribution in [1.29, 1.82) is 0 Å². The smallest absolute Gasteiger partial charge is 0.193 e. The van der Waals surface area contributed by atoms with Crippen LogP contribution in [0.4, 0.5) is 0 Å². The van der Waals surface area contributed by atoms with Gasteiger partial charge in [0.15, 0.2) is 5.96 Å². The third-order valence-electron chi connectivity index (χ3n) is 4.80. The molecule has 9 heteroatoms. The summed E-state index contributed by atoms with van der Waals surface area (Å²) in [7, 11) is 5.79. The average molecular weight is 486 g/mol. The van der Waals surface area contributed by atoms with Gasteiger partial charge in [-0.25, -0.2) is 0 Å². The maximum atomic E-state index is 4.40. The number of aromatic nitrogens is 5. The van der Waals surface area contributed by atoms with Gasteiger partial charge in [0.2, 0.25) is 0 Å². The molecule has 1 aliphatic heterocycles. The molecule has 8 nitrogen and oxygen atoms in total. The van der Waals surface area contributed by atoms with Gasteiger partial charge in [-0.2, -0.15) is 5.10 Å². The van der Waals surface area contributed by atoms with E-state index in [1.807, 2.05) is 38.2 Å². The number of hydrogen-bond acceptors (Lipinski definition) is 4. The van der Waals surface area contributed by atoms with Crippen LogP contribution in [0.2, 0.25) is 0 Å². The summed E-state index contributed by atoms with van der Waals surface area (Å²) in [6.45, 7) is 2.72. The Labute approximate surface area is 178 Å². The van der Waals surface area contributed by atoms with Gasteiger partial charge in [-0.3, -0.25) is 9.67 Å². The maximum absolute atomic E-state index is 4.40. The molecule has 0 saturated heterocycles. The van der Waals surface area contributed by atoms with Crippen molar-refractivity contribution in [3.05, 3.63) is 29.6 Å². The van der Waals surface area contributed by atoms with E-state index >= 15 is 0 Å². The van der Waals surface area contributed by atoms with Crippen LogP contribution in [0, 0.1) is 0 Å². The Morgan fingerprint density at radius 1 is 1.30 bits per heavy atom. The molecule has 0 spiro atoms. The van der Waals surface area contributed by atoms with Crippen LogP contribution in [-0.4, -0.2) is 56.0 Å². The van der Waals surface area contributed by atoms with Crippen LogP contribution in [0.5, 0.6) is 0 Å². The predicted octanol–water partition coefficient (Wildman–Crippen LogP) is 2.00. The first-order valence-corrected chi connectivity index (χ1v) is 9.47. The first kappa shape index (κ1) is 21.6. The molecule has 2 aromatic rings. The monoisotopic (exact) mass is 486 g/mol. The Hall–Kier alpha value is -1.65. The van der Waals surface area contributed by atoms with Crippen LogP contribution in [0.25, 0.3) is 0 Å². The van der Waals surface area contributed by atoms with Gasteiger partial charge in [0.1, 0.15) is 11.6 Å². The number of guanidine groups is 1. The molecular weight excluding hydrogens is 455 g/mol. The lowest BCUT2D eigenvalue weighted by Gasteiger charge is -2.21. The Morgan fingerprint density at radius 3 is 2.89 bits per heavy atom. The highest BCUT2D eigenvalue weighted by Crippen LogP contribution is 2.15. The largest absolute Gasteiger partial charge is 0.356 e. The molecule has 3 heterocycles. The van der Waals surface area contributed by atoms with E-state index in [9.17, 15) is 0 Å². The van der Waals surface area contributed by atoms with Gasteiger partial charge in [-0.15, -0.1) is 34.2 Å². The van der Waals surface area contributed by atoms with Crippen molar-refractivity contribution in [2.45, 2.75) is 51.6 Å². The van der Waals surface area contributed by atoms with E-state index in [1.165, 1.54) is 24.8 Å². The molecule has 3 rings (SSSR count). The molecule has 0 aromatic carbocycles. The van der Waals surface area contributed by atoms with Crippen molar-refractivity contribution in [3.63, 3.8) is 0 Å². The zero-order chi connectivity index (χ0) is 18.4. The molecule has 0 fully saturated rings. The number of halogens is 1. The Bertz CT molecular complexity index is 736. The summed E-state index contributed by atoms with van der Waals surface area (Å²) in [4.78, 5) is 6.49. The number of aryl methyl sites for hydroxylation is 3. The molecule has 0 atom stereocenters. The molecular formula is C18H31IN8. The number of nitrogens with one attached hydrogen (secondary N) is 1. The molecule has 0 bridgehead atoms. The molecule has 150 valence electrons. The lowest BCUT2D eigenvalue weighted by molar-refractivity contribution is 0.475. The van der Waals surface area contributed by atoms with Gasteiger partial charge in [-0.05, 0) is 19.3 Å². The predicted molar refractivity (Wildman–Crippen MR) is 117 cm³/mol. The molecule has 0 aliphatic carbocycles. The first-order valence-electron chi connectivity index (χ1n) is 9.47. The van der Waals surface area contributed by atoms with Gasteiger partial charge in [-0.1, -0.05) is 6.42 Å². The van der Waals surface area contributed by atoms with Crippen molar-refractivity contribution in [2.24, 2.45) is 12.0 Å². The van der Waals surface area contributed by atoms with Crippen LogP contribution in [-0.2, 0) is 33.0 Å². The van der Waals surface area contributed by atoms with E-state index in [0.29, 0.717) is 0 Å². The zero-order valence-corrected chi connectivity index (χ0v) is 18.9. The third-order valence-corrected chi connectivity index (χ3v) is 4.80. The average Bonchev–Trinajstić information content (AvgIpc) is 3.12. The fourth-order valence-corrected chi connectivity index (χ4v) is 3.46. The fraction of sp³-hybridized carbons (Fsp3) is 0.667. The van der Waals surface area contributed by atoms with Crippen molar-refractivity contribution >= 4 is 29.9 Å². The highest BCUT2D eigenvalue weighted by atomic mass is 127. The van der Waals surface area contributed by atoms with Crippen LogP contribution in [0.15, 0.2) is 17.4 Å². The summed E-state index contributed by atoms with van der Waals surface area (Å²) in [6, 6.07) is 0. The van der Waals surface area contributed by atoms with Crippen LogP contribution in [0.3, 0.4) is 0 Å². The summed E-state index contributed by atoms with van der Waals surface area (Å²) in [5.41, 5.74) is 1.17. The van der Waals surface area contributed by atoms with Crippen molar-refractivity contribution in [2.75, 3.05) is 20.6 Å². The molecule has 0 radical (unpaired) electrons. The van der Waals surface area contributed by atoms with E-state index in [0.717, 1.165) is 56.5 Å². The normalized spacial score (nSPS) is 14.3. The molecule has 27 heavy (non-hydrogen) atoms. The summed E-state index contributed by atoms with van der Waals surface area (Å²) in [6.07, 6.45) is 10.7. The Balaban J connectivity index is 0.00000261. The van der Waals surface area contributed by atoms with Crippen molar-refractivity contribution < 1.29 is 0 Å². The minimum atomic E-state index is 0. The summed E-state index contributed by atoms with van der Waals surface area (Å²) < 4.78 is 4.15. The van der Waals surface area contributed by atoms with Crippen LogP contribution < -0.4 is 5.32 Å². The Morgan fingerprint density at radius 2 is 2.15 bits per heavy atom. The maximum Gasteiger partial charge on any atom is 0.193 e. The summed E-state index contributed by atoms with van der Waals surface area (Å²) in [5.74, 6) is 3.19. The van der Waals surface area contributed by atoms with Crippen molar-refractivity contribution in [3.8, 4) is 0 Å². The minimum absolute atomic E-state index is 0. The van der Waals surface area contributed by atoms with Gasteiger partial charge in [0, 0.05) is 65.4 Å². The van der Waals surface area contributed by atoms with E-state index in [-0.39, 0.29) is 24.0 Å². The third kappa shape index (κ3) is 5.91. The number of hydrogen-bond donors (Lipinski definition) is 1. The van der Waals surface area contributed by atoms with E-state index in [4.69, 9.17) is 0 Å². The second-order valence-corrected chi connectivity index (χ2v) is 6.95. The topological polar surface area (TPSA) is 76.2 Å². The molecule has 0 unspecified atom stereocenters. The van der Waals surface area contributed by atoms with Crippen LogP contribution in [0.1, 0.15) is 42.9 Å². The molecule has 0 saturated carbocycles. The zero-order valence-electron chi connectivity index (χ0n) is 16.6.